The molecular weight excluding hydrogens is 515 g/mol. The number of alkyl halides is 3. The van der Waals surface area contributed by atoms with Crippen LogP contribution in [-0.4, -0.2) is 46.8 Å². The van der Waals surface area contributed by atoms with E-state index in [1.807, 2.05) is 78.1 Å². The number of nitrogens with one attached hydrogen (secondary N) is 2. The number of hydrogen-bond donors (Lipinski definition) is 3. The van der Waals surface area contributed by atoms with Gasteiger partial charge in [-0.15, -0.1) is 0 Å². The molecule has 8 nitrogen and oxygen atoms in total. The van der Waals surface area contributed by atoms with Crippen LogP contribution < -0.4 is 15.4 Å². The third kappa shape index (κ3) is 9.76. The van der Waals surface area contributed by atoms with E-state index in [4.69, 9.17) is 9.84 Å². The zero-order chi connectivity index (χ0) is 27.5. The van der Waals surface area contributed by atoms with E-state index in [0.29, 0.717) is 31.7 Å². The summed E-state index contributed by atoms with van der Waals surface area (Å²) in [6.07, 6.45) is -6.16. The minimum absolute atomic E-state index is 0. The molecule has 1 atom stereocenters. The Kier molecular flexibility index (Phi) is 11.5. The van der Waals surface area contributed by atoms with E-state index in [0.717, 1.165) is 22.4 Å². The summed E-state index contributed by atoms with van der Waals surface area (Å²) >= 11 is 0. The largest absolute Gasteiger partial charge is 0.478 e. The fraction of sp³-hybridized carbons (Fsp3) is 0.286. The molecule has 0 saturated carbocycles. The lowest BCUT2D eigenvalue weighted by Gasteiger charge is -2.17. The number of carbonyl (C=O) groups excluding carboxylic acids is 2. The number of carboxylic acid groups (broad SMARTS) is 1. The van der Waals surface area contributed by atoms with Gasteiger partial charge in [-0.25, -0.2) is 9.78 Å². The number of aromatic nitrogens is 1. The fourth-order valence-corrected chi connectivity index (χ4v) is 3.48. The molecule has 0 saturated heterocycles. The summed E-state index contributed by atoms with van der Waals surface area (Å²) in [6, 6.07) is 23.3. The zero-order valence-corrected chi connectivity index (χ0v) is 20.2. The van der Waals surface area contributed by atoms with Gasteiger partial charge in [-0.2, -0.15) is 13.2 Å². The van der Waals surface area contributed by atoms with Crippen molar-refractivity contribution in [3.8, 4) is 28.3 Å². The molecule has 208 valence electrons. The molecule has 1 aromatic heterocycles. The maximum atomic E-state index is 12.3. The third-order valence-corrected chi connectivity index (χ3v) is 5.36. The van der Waals surface area contributed by atoms with E-state index in [9.17, 15) is 27.6 Å². The number of benzene rings is 2. The number of ether oxygens (including phenoxy) is 1. The van der Waals surface area contributed by atoms with Crippen LogP contribution >= 0.6 is 0 Å². The number of hydrogen-bond acceptors (Lipinski definition) is 5. The molecule has 2 amide bonds. The Hall–Kier alpha value is -4.41. The van der Waals surface area contributed by atoms with E-state index in [2.05, 4.69) is 4.98 Å². The molecular formula is C28H30F3N3O5. The first-order valence-corrected chi connectivity index (χ1v) is 11.8. The summed E-state index contributed by atoms with van der Waals surface area (Å²) in [5, 5.41) is 12.0. The molecule has 1 unspecified atom stereocenters. The van der Waals surface area contributed by atoms with E-state index >= 15 is 0 Å². The predicted octanol–water partition coefficient (Wildman–Crippen LogP) is 5.20. The highest BCUT2D eigenvalue weighted by Crippen LogP contribution is 2.28. The average molecular weight is 546 g/mol. The zero-order valence-electron chi connectivity index (χ0n) is 20.2. The standard InChI is InChI=1S/C27H26F3N3O5.CH4/c28-27(29,30)26(37)33-24(25(35)36)32-22(34)14-8-3-9-15-38-23-17-20(18-10-4-1-5-11-18)16-21(31-23)19-12-6-2-7-13-19;/h1-2,4-7,10-13,16-17,24H,3,8-9,14-15H2,(H,32,34)(H,33,37)(H,35,36);1H4. The SMILES string of the molecule is C.O=C(CCCCCOc1cc(-c2ccccc2)cc(-c2ccccc2)n1)NC(NC(=O)C(F)(F)F)C(=O)O. The van der Waals surface area contributed by atoms with E-state index in [-0.39, 0.29) is 13.8 Å². The smallest absolute Gasteiger partial charge is 0.471 e. The van der Waals surface area contributed by atoms with Crippen molar-refractivity contribution in [1.82, 2.24) is 15.6 Å². The molecule has 3 N–H and O–H groups in total. The van der Waals surface area contributed by atoms with Crippen LogP contribution in [0, 0.1) is 0 Å². The Morgan fingerprint density at radius 1 is 0.846 bits per heavy atom. The molecule has 0 aliphatic heterocycles. The van der Waals surface area contributed by atoms with E-state index < -0.39 is 30.1 Å². The van der Waals surface area contributed by atoms with Crippen molar-refractivity contribution in [2.75, 3.05) is 6.61 Å². The number of aliphatic carboxylic acids is 1. The summed E-state index contributed by atoms with van der Waals surface area (Å²) < 4.78 is 42.9. The molecule has 2 aromatic carbocycles. The monoisotopic (exact) mass is 545 g/mol. The van der Waals surface area contributed by atoms with Crippen molar-refractivity contribution >= 4 is 17.8 Å². The first-order valence-electron chi connectivity index (χ1n) is 11.8. The summed E-state index contributed by atoms with van der Waals surface area (Å²) in [6.45, 7) is 0.306. The van der Waals surface area contributed by atoms with E-state index in [1.165, 1.54) is 5.32 Å². The molecule has 1 heterocycles. The minimum Gasteiger partial charge on any atom is -0.478 e. The number of halogens is 3. The molecule has 0 spiro atoms. The van der Waals surface area contributed by atoms with Gasteiger partial charge in [-0.05, 0) is 36.5 Å². The van der Waals surface area contributed by atoms with Crippen molar-refractivity contribution in [1.29, 1.82) is 0 Å². The Balaban J connectivity index is 0.00000533. The van der Waals surface area contributed by atoms with Crippen LogP contribution in [0.25, 0.3) is 22.4 Å². The maximum Gasteiger partial charge on any atom is 0.471 e. The van der Waals surface area contributed by atoms with Crippen LogP contribution in [-0.2, 0) is 14.4 Å². The first-order chi connectivity index (χ1) is 18.1. The van der Waals surface area contributed by atoms with Gasteiger partial charge in [-0.3, -0.25) is 9.59 Å². The minimum atomic E-state index is -5.27. The Labute approximate surface area is 224 Å². The van der Waals surface area contributed by atoms with Gasteiger partial charge in [0.2, 0.25) is 18.0 Å². The van der Waals surface area contributed by atoms with Crippen molar-refractivity contribution in [2.45, 2.75) is 45.5 Å². The number of nitrogens with zero attached hydrogens (tertiary/aromatic N) is 1. The lowest BCUT2D eigenvalue weighted by atomic mass is 10.0. The predicted molar refractivity (Wildman–Crippen MR) is 140 cm³/mol. The van der Waals surface area contributed by atoms with Crippen LogP contribution in [0.4, 0.5) is 13.2 Å². The lowest BCUT2D eigenvalue weighted by molar-refractivity contribution is -0.176. The summed E-state index contributed by atoms with van der Waals surface area (Å²) in [5.74, 6) is -4.63. The fourth-order valence-electron chi connectivity index (χ4n) is 3.48. The lowest BCUT2D eigenvalue weighted by Crippen LogP contribution is -2.55. The summed E-state index contributed by atoms with van der Waals surface area (Å²) in [4.78, 5) is 38.5. The van der Waals surface area contributed by atoms with Crippen LogP contribution in [0.15, 0.2) is 72.8 Å². The highest BCUT2D eigenvalue weighted by Gasteiger charge is 2.41. The highest BCUT2D eigenvalue weighted by molar-refractivity contribution is 5.89. The Bertz CT molecular complexity index is 1180. The van der Waals surface area contributed by atoms with Crippen LogP contribution in [0.5, 0.6) is 5.88 Å². The molecule has 0 radical (unpaired) electrons. The van der Waals surface area contributed by atoms with Gasteiger partial charge in [0.25, 0.3) is 0 Å². The van der Waals surface area contributed by atoms with Crippen molar-refractivity contribution in [3.05, 3.63) is 72.8 Å². The van der Waals surface area contributed by atoms with Gasteiger partial charge in [0.1, 0.15) is 0 Å². The van der Waals surface area contributed by atoms with Crippen molar-refractivity contribution < 1.29 is 37.4 Å². The molecule has 39 heavy (non-hydrogen) atoms. The topological polar surface area (TPSA) is 118 Å². The number of amides is 2. The van der Waals surface area contributed by atoms with Gasteiger partial charge in [0, 0.05) is 18.1 Å². The molecule has 3 rings (SSSR count). The Morgan fingerprint density at radius 2 is 1.46 bits per heavy atom. The number of carbonyl (C=O) groups is 3. The van der Waals surface area contributed by atoms with Crippen LogP contribution in [0.3, 0.4) is 0 Å². The van der Waals surface area contributed by atoms with E-state index in [1.54, 1.807) is 0 Å². The molecule has 11 heteroatoms. The second-order valence-electron chi connectivity index (χ2n) is 8.28. The Morgan fingerprint density at radius 3 is 2.05 bits per heavy atom. The highest BCUT2D eigenvalue weighted by atomic mass is 19.4. The quantitative estimate of drug-likeness (QED) is 0.213. The maximum absolute atomic E-state index is 12.3. The second-order valence-corrected chi connectivity index (χ2v) is 8.28. The average Bonchev–Trinajstić information content (AvgIpc) is 2.90. The third-order valence-electron chi connectivity index (χ3n) is 5.36. The number of carboxylic acids is 1. The number of pyridine rings is 1. The summed E-state index contributed by atoms with van der Waals surface area (Å²) in [5.41, 5.74) is 3.64. The van der Waals surface area contributed by atoms with Crippen LogP contribution in [0.2, 0.25) is 0 Å². The van der Waals surface area contributed by atoms with Gasteiger partial charge in [0.15, 0.2) is 0 Å². The molecule has 0 aliphatic carbocycles. The molecule has 0 fully saturated rings. The van der Waals surface area contributed by atoms with Gasteiger partial charge in [-0.1, -0.05) is 68.1 Å². The van der Waals surface area contributed by atoms with Gasteiger partial charge >= 0.3 is 18.1 Å². The molecule has 3 aromatic rings. The van der Waals surface area contributed by atoms with Gasteiger partial charge in [0.05, 0.1) is 12.3 Å². The van der Waals surface area contributed by atoms with Crippen molar-refractivity contribution in [3.63, 3.8) is 0 Å². The molecule has 0 aliphatic rings. The second kappa shape index (κ2) is 14.5. The van der Waals surface area contributed by atoms with Crippen molar-refractivity contribution in [2.24, 2.45) is 0 Å². The normalized spacial score (nSPS) is 11.6. The first kappa shape index (κ1) is 30.8. The summed E-state index contributed by atoms with van der Waals surface area (Å²) in [7, 11) is 0. The number of rotatable bonds is 12. The molecule has 0 bridgehead atoms. The van der Waals surface area contributed by atoms with Gasteiger partial charge < -0.3 is 20.5 Å². The van der Waals surface area contributed by atoms with Crippen LogP contribution in [0.1, 0.15) is 33.1 Å². The number of unbranched alkanes of at least 4 members (excludes halogenated alkanes) is 2.